The summed E-state index contributed by atoms with van der Waals surface area (Å²) in [7, 11) is 0. The van der Waals surface area contributed by atoms with Crippen LogP contribution in [0.4, 0.5) is 0 Å². The third-order valence-electron chi connectivity index (χ3n) is 6.17. The molecule has 0 saturated heterocycles. The van der Waals surface area contributed by atoms with Crippen molar-refractivity contribution in [3.63, 3.8) is 0 Å². The lowest BCUT2D eigenvalue weighted by molar-refractivity contribution is -0.707. The lowest BCUT2D eigenvalue weighted by Gasteiger charge is -2.09. The molecule has 184 valence electrons. The number of nitrogens with zero attached hydrogens (tertiary/aromatic N) is 2. The van der Waals surface area contributed by atoms with Crippen LogP contribution in [0.5, 0.6) is 0 Å². The Morgan fingerprint density at radius 2 is 1.36 bits per heavy atom. The van der Waals surface area contributed by atoms with Crippen molar-refractivity contribution < 1.29 is 26.9 Å². The van der Waals surface area contributed by atoms with Crippen LogP contribution < -0.4 is 17.0 Å². The number of unbranched alkanes of at least 4 members (excludes halogenated alkanes) is 13. The Bertz CT molecular complexity index is 755. The quantitative estimate of drug-likeness (QED) is 0.203. The highest BCUT2D eigenvalue weighted by Gasteiger charge is 2.27. The van der Waals surface area contributed by atoms with Gasteiger partial charge in [0.1, 0.15) is 12.2 Å². The summed E-state index contributed by atoms with van der Waals surface area (Å²) in [5.74, 6) is -0.355. The first-order chi connectivity index (χ1) is 15.7. The maximum absolute atomic E-state index is 12.6. The number of carbonyl (C=O) groups excluding carboxylic acids is 1. The van der Waals surface area contributed by atoms with Crippen LogP contribution in [0.2, 0.25) is 0 Å². The average molecular weight is 475 g/mol. The second-order valence-electron chi connectivity index (χ2n) is 8.90. The van der Waals surface area contributed by atoms with Crippen LogP contribution in [0.25, 0.3) is 0 Å². The summed E-state index contributed by atoms with van der Waals surface area (Å²) in [6, 6.07) is 10.8. The van der Waals surface area contributed by atoms with Gasteiger partial charge in [-0.2, -0.15) is 4.57 Å². The fourth-order valence-electron chi connectivity index (χ4n) is 4.20. The van der Waals surface area contributed by atoms with Crippen molar-refractivity contribution >= 4 is 5.78 Å². The molecule has 0 amide bonds. The largest absolute Gasteiger partial charge is 1.00 e. The number of aliphatic hydroxyl groups is 1. The second-order valence-corrected chi connectivity index (χ2v) is 8.90. The zero-order chi connectivity index (χ0) is 22.9. The lowest BCUT2D eigenvalue weighted by atomic mass is 10.0. The molecular weight excluding hydrogens is 432 g/mol. The van der Waals surface area contributed by atoms with Crippen molar-refractivity contribution in [3.05, 3.63) is 60.2 Å². The van der Waals surface area contributed by atoms with E-state index in [1.54, 1.807) is 24.4 Å². The van der Waals surface area contributed by atoms with Crippen molar-refractivity contribution in [2.75, 3.05) is 0 Å². The number of aromatic nitrogens is 2. The molecule has 1 atom stereocenters. The Kier molecular flexibility index (Phi) is 16.5. The average Bonchev–Trinajstić information content (AvgIpc) is 2.84. The maximum Gasteiger partial charge on any atom is 0.220 e. The van der Waals surface area contributed by atoms with E-state index >= 15 is 0 Å². The standard InChI is InChI=1S/C28H43N2O2.ClH/c1-2-3-4-5-6-7-8-9-10-11-12-13-14-18-23-30-24-19-16-21-26(30)28(32)27(31)25-20-15-17-22-29-25;/h15-17,19-22,24,28,32H,2-14,18,23H2,1H3;1H/q+1;/p-1. The molecule has 0 fully saturated rings. The van der Waals surface area contributed by atoms with E-state index in [1.807, 2.05) is 29.0 Å². The van der Waals surface area contributed by atoms with Crippen molar-refractivity contribution in [2.24, 2.45) is 0 Å². The summed E-state index contributed by atoms with van der Waals surface area (Å²) in [5.41, 5.74) is 0.935. The second kappa shape index (κ2) is 18.6. The predicted molar refractivity (Wildman–Crippen MR) is 130 cm³/mol. The van der Waals surface area contributed by atoms with Crippen molar-refractivity contribution in [2.45, 2.75) is 109 Å². The number of ketones is 1. The Morgan fingerprint density at radius 1 is 0.818 bits per heavy atom. The first-order valence-corrected chi connectivity index (χ1v) is 12.9. The van der Waals surface area contributed by atoms with Gasteiger partial charge in [-0.25, -0.2) is 0 Å². The SMILES string of the molecule is CCCCCCCCCCCCCCCC[n+]1ccccc1C(O)C(=O)c1ccccn1.[Cl-]. The van der Waals surface area contributed by atoms with Gasteiger partial charge < -0.3 is 17.5 Å². The molecule has 5 heteroatoms. The monoisotopic (exact) mass is 474 g/mol. The Labute approximate surface area is 207 Å². The predicted octanol–water partition coefficient (Wildman–Crippen LogP) is 3.77. The normalized spacial score (nSPS) is 11.7. The summed E-state index contributed by atoms with van der Waals surface area (Å²) in [6.07, 6.45) is 21.1. The number of aliphatic hydroxyl groups excluding tert-OH is 1. The van der Waals surface area contributed by atoms with E-state index in [4.69, 9.17) is 0 Å². The van der Waals surface area contributed by atoms with Gasteiger partial charge in [-0.05, 0) is 24.6 Å². The maximum atomic E-state index is 12.6. The van der Waals surface area contributed by atoms with Crippen LogP contribution in [-0.4, -0.2) is 15.9 Å². The van der Waals surface area contributed by atoms with Crippen LogP contribution in [-0.2, 0) is 6.54 Å². The first-order valence-electron chi connectivity index (χ1n) is 12.9. The summed E-state index contributed by atoms with van der Waals surface area (Å²) in [6.45, 7) is 3.09. The van der Waals surface area contributed by atoms with Gasteiger partial charge in [0.05, 0.1) is 0 Å². The molecule has 33 heavy (non-hydrogen) atoms. The number of pyridine rings is 2. The molecule has 2 heterocycles. The number of rotatable bonds is 18. The molecule has 0 radical (unpaired) electrons. The minimum atomic E-state index is -1.18. The lowest BCUT2D eigenvalue weighted by Crippen LogP contribution is -3.00. The van der Waals surface area contributed by atoms with Crippen LogP contribution in [0.15, 0.2) is 48.8 Å². The highest BCUT2D eigenvalue weighted by atomic mass is 35.5. The van der Waals surface area contributed by atoms with Gasteiger partial charge in [0.2, 0.25) is 17.6 Å². The molecule has 1 N–H and O–H groups in total. The number of hydrogen-bond acceptors (Lipinski definition) is 3. The van der Waals surface area contributed by atoms with Gasteiger partial charge >= 0.3 is 0 Å². The van der Waals surface area contributed by atoms with Gasteiger partial charge in [0.25, 0.3) is 0 Å². The van der Waals surface area contributed by atoms with Crippen LogP contribution >= 0.6 is 0 Å². The molecule has 0 spiro atoms. The summed E-state index contributed by atoms with van der Waals surface area (Å²) in [5, 5.41) is 10.6. The zero-order valence-corrected chi connectivity index (χ0v) is 21.2. The molecule has 2 aromatic rings. The van der Waals surface area contributed by atoms with E-state index in [-0.39, 0.29) is 18.2 Å². The fraction of sp³-hybridized carbons (Fsp3) is 0.607. The number of aryl methyl sites for hydroxylation is 1. The molecule has 0 aromatic carbocycles. The zero-order valence-electron chi connectivity index (χ0n) is 20.4. The van der Waals surface area contributed by atoms with Crippen LogP contribution in [0.1, 0.15) is 119 Å². The third-order valence-corrected chi connectivity index (χ3v) is 6.17. The van der Waals surface area contributed by atoms with Gasteiger partial charge in [0, 0.05) is 24.8 Å². The molecule has 0 aliphatic carbocycles. The van der Waals surface area contributed by atoms with E-state index in [0.717, 1.165) is 13.0 Å². The molecule has 1 unspecified atom stereocenters. The molecular formula is C28H43ClN2O2. The van der Waals surface area contributed by atoms with E-state index in [9.17, 15) is 9.90 Å². The Balaban J connectivity index is 0.00000544. The topological polar surface area (TPSA) is 54.1 Å². The van der Waals surface area contributed by atoms with E-state index in [1.165, 1.54) is 83.5 Å². The Hall–Kier alpha value is -1.78. The summed E-state index contributed by atoms with van der Waals surface area (Å²) < 4.78 is 2.01. The number of halogens is 1. The molecule has 0 aliphatic rings. The van der Waals surface area contributed by atoms with Crippen molar-refractivity contribution in [3.8, 4) is 0 Å². The first kappa shape index (κ1) is 29.3. The molecule has 0 bridgehead atoms. The van der Waals surface area contributed by atoms with Crippen LogP contribution in [0.3, 0.4) is 0 Å². The van der Waals surface area contributed by atoms with Gasteiger partial charge in [0.15, 0.2) is 6.20 Å². The van der Waals surface area contributed by atoms with Crippen molar-refractivity contribution in [1.82, 2.24) is 4.98 Å². The highest BCUT2D eigenvalue weighted by Crippen LogP contribution is 2.15. The molecule has 4 nitrogen and oxygen atoms in total. The molecule has 2 aromatic heterocycles. The van der Waals surface area contributed by atoms with E-state index in [0.29, 0.717) is 11.4 Å². The van der Waals surface area contributed by atoms with E-state index in [2.05, 4.69) is 11.9 Å². The summed E-state index contributed by atoms with van der Waals surface area (Å²) in [4.78, 5) is 16.7. The molecule has 2 rings (SSSR count). The van der Waals surface area contributed by atoms with Crippen LogP contribution in [0, 0.1) is 0 Å². The third kappa shape index (κ3) is 11.8. The van der Waals surface area contributed by atoms with Gasteiger partial charge in [-0.1, -0.05) is 90.0 Å². The smallest absolute Gasteiger partial charge is 0.220 e. The minimum Gasteiger partial charge on any atom is -1.00 e. The van der Waals surface area contributed by atoms with Gasteiger partial charge in [-0.15, -0.1) is 0 Å². The summed E-state index contributed by atoms with van der Waals surface area (Å²) >= 11 is 0. The molecule has 0 saturated carbocycles. The number of hydrogen-bond donors (Lipinski definition) is 1. The van der Waals surface area contributed by atoms with E-state index < -0.39 is 6.10 Å². The minimum absolute atomic E-state index is 0. The highest BCUT2D eigenvalue weighted by molar-refractivity contribution is 5.97. The Morgan fingerprint density at radius 3 is 1.91 bits per heavy atom. The fourth-order valence-corrected chi connectivity index (χ4v) is 4.20. The number of carbonyl (C=O) groups is 1. The molecule has 0 aliphatic heterocycles. The van der Waals surface area contributed by atoms with Gasteiger partial charge in [-0.3, -0.25) is 9.78 Å². The van der Waals surface area contributed by atoms with Crippen molar-refractivity contribution in [1.29, 1.82) is 0 Å². The number of Topliss-reactive ketones (excluding diaryl/α,β-unsaturated/α-hetero) is 1.